The van der Waals surface area contributed by atoms with E-state index in [1.807, 2.05) is 20.8 Å². The number of likely N-dealkylation sites (tertiary alicyclic amines) is 1. The van der Waals surface area contributed by atoms with E-state index in [0.717, 1.165) is 0 Å². The minimum atomic E-state index is -2.62. The molecule has 2 aliphatic rings. The van der Waals surface area contributed by atoms with E-state index in [1.54, 1.807) is 4.90 Å². The second kappa shape index (κ2) is 4.58. The van der Waals surface area contributed by atoms with Gasteiger partial charge < -0.3 is 15.0 Å². The third-order valence-corrected chi connectivity index (χ3v) is 3.69. The Morgan fingerprint density at radius 2 is 1.84 bits per heavy atom. The Bertz CT molecular complexity index is 358. The maximum absolute atomic E-state index is 13.3. The Balaban J connectivity index is 1.88. The van der Waals surface area contributed by atoms with Crippen molar-refractivity contribution < 1.29 is 18.3 Å². The molecule has 0 radical (unpaired) electrons. The van der Waals surface area contributed by atoms with Crippen molar-refractivity contribution in [3.05, 3.63) is 0 Å². The molecule has 1 amide bonds. The van der Waals surface area contributed by atoms with Crippen LogP contribution in [0.1, 0.15) is 40.0 Å². The Labute approximate surface area is 112 Å². The number of amides is 1. The zero-order chi connectivity index (χ0) is 14.3. The Morgan fingerprint density at radius 3 is 2.26 bits per heavy atom. The summed E-state index contributed by atoms with van der Waals surface area (Å²) in [5.41, 5.74) is -1.02. The normalized spacial score (nSPS) is 25.6. The zero-order valence-corrected chi connectivity index (χ0v) is 11.8. The Hall–Kier alpha value is -0.910. The topological polar surface area (TPSA) is 41.6 Å². The molecule has 0 saturated carbocycles. The van der Waals surface area contributed by atoms with Gasteiger partial charge in [-0.3, -0.25) is 0 Å². The maximum atomic E-state index is 13.3. The highest BCUT2D eigenvalue weighted by Crippen LogP contribution is 2.38. The first-order chi connectivity index (χ1) is 8.61. The van der Waals surface area contributed by atoms with Crippen molar-refractivity contribution >= 4 is 6.09 Å². The lowest BCUT2D eigenvalue weighted by molar-refractivity contribution is 0.00239. The molecule has 2 aliphatic heterocycles. The molecule has 2 rings (SSSR count). The van der Waals surface area contributed by atoms with Gasteiger partial charge in [0.1, 0.15) is 5.60 Å². The van der Waals surface area contributed by atoms with Crippen LogP contribution >= 0.6 is 0 Å². The SMILES string of the molecule is CC(C)(C)OC(=O)N1CCC2(CC1)CC(F)(F)CN2. The van der Waals surface area contributed by atoms with Crippen molar-refractivity contribution in [1.29, 1.82) is 0 Å². The highest BCUT2D eigenvalue weighted by atomic mass is 19.3. The van der Waals surface area contributed by atoms with E-state index in [2.05, 4.69) is 5.32 Å². The summed E-state index contributed by atoms with van der Waals surface area (Å²) in [5, 5.41) is 2.94. The summed E-state index contributed by atoms with van der Waals surface area (Å²) in [6, 6.07) is 0. The van der Waals surface area contributed by atoms with Crippen LogP contribution in [0.4, 0.5) is 13.6 Å². The van der Waals surface area contributed by atoms with Crippen LogP contribution in [-0.4, -0.2) is 47.7 Å². The van der Waals surface area contributed by atoms with Crippen molar-refractivity contribution in [2.45, 2.75) is 57.1 Å². The van der Waals surface area contributed by atoms with E-state index in [1.165, 1.54) is 0 Å². The second-order valence-electron chi connectivity index (χ2n) is 6.63. The minimum absolute atomic E-state index is 0.123. The average Bonchev–Trinajstić information content (AvgIpc) is 2.53. The number of nitrogens with zero attached hydrogens (tertiary/aromatic N) is 1. The lowest BCUT2D eigenvalue weighted by Crippen LogP contribution is -2.52. The van der Waals surface area contributed by atoms with Crippen LogP contribution in [0.5, 0.6) is 0 Å². The summed E-state index contributed by atoms with van der Waals surface area (Å²) >= 11 is 0. The number of alkyl halides is 2. The third kappa shape index (κ3) is 3.55. The number of piperidine rings is 1. The van der Waals surface area contributed by atoms with Crippen molar-refractivity contribution in [2.75, 3.05) is 19.6 Å². The van der Waals surface area contributed by atoms with Crippen LogP contribution in [0, 0.1) is 0 Å². The van der Waals surface area contributed by atoms with Crippen molar-refractivity contribution in [2.24, 2.45) is 0 Å². The number of rotatable bonds is 0. The molecule has 19 heavy (non-hydrogen) atoms. The molecule has 1 spiro atoms. The van der Waals surface area contributed by atoms with Crippen LogP contribution in [-0.2, 0) is 4.74 Å². The summed E-state index contributed by atoms with van der Waals surface area (Å²) in [7, 11) is 0. The molecule has 0 aromatic carbocycles. The smallest absolute Gasteiger partial charge is 0.410 e. The number of hydrogen-bond acceptors (Lipinski definition) is 3. The largest absolute Gasteiger partial charge is 0.444 e. The summed E-state index contributed by atoms with van der Waals surface area (Å²) in [5.74, 6) is -2.62. The van der Waals surface area contributed by atoms with Gasteiger partial charge in [-0.15, -0.1) is 0 Å². The Kier molecular flexibility index (Phi) is 3.49. The quantitative estimate of drug-likeness (QED) is 0.738. The fourth-order valence-corrected chi connectivity index (χ4v) is 2.73. The third-order valence-electron chi connectivity index (χ3n) is 3.69. The van der Waals surface area contributed by atoms with Gasteiger partial charge in [0.2, 0.25) is 0 Å². The number of ether oxygens (including phenoxy) is 1. The zero-order valence-electron chi connectivity index (χ0n) is 11.8. The van der Waals surface area contributed by atoms with E-state index in [4.69, 9.17) is 4.74 Å². The predicted octanol–water partition coefficient (Wildman–Crippen LogP) is 2.38. The van der Waals surface area contributed by atoms with Crippen LogP contribution in [0.15, 0.2) is 0 Å². The molecule has 0 aliphatic carbocycles. The molecule has 0 aromatic heterocycles. The molecule has 110 valence electrons. The van der Waals surface area contributed by atoms with E-state index >= 15 is 0 Å². The van der Waals surface area contributed by atoms with Crippen molar-refractivity contribution in [3.63, 3.8) is 0 Å². The number of nitrogens with one attached hydrogen (secondary N) is 1. The highest BCUT2D eigenvalue weighted by Gasteiger charge is 2.50. The number of carbonyl (C=O) groups is 1. The van der Waals surface area contributed by atoms with Crippen LogP contribution < -0.4 is 5.32 Å². The molecule has 0 aromatic rings. The highest BCUT2D eigenvalue weighted by molar-refractivity contribution is 5.68. The fourth-order valence-electron chi connectivity index (χ4n) is 2.73. The summed E-state index contributed by atoms with van der Waals surface area (Å²) < 4.78 is 31.9. The van der Waals surface area contributed by atoms with Gasteiger partial charge in [0.15, 0.2) is 0 Å². The Morgan fingerprint density at radius 1 is 1.26 bits per heavy atom. The molecule has 0 unspecified atom stereocenters. The first-order valence-electron chi connectivity index (χ1n) is 6.72. The lowest BCUT2D eigenvalue weighted by atomic mass is 9.85. The molecule has 0 bridgehead atoms. The lowest BCUT2D eigenvalue weighted by Gasteiger charge is -2.39. The van der Waals surface area contributed by atoms with Gasteiger partial charge in [-0.2, -0.15) is 0 Å². The molecular formula is C13H22F2N2O2. The van der Waals surface area contributed by atoms with Gasteiger partial charge in [0.05, 0.1) is 6.54 Å². The second-order valence-corrected chi connectivity index (χ2v) is 6.63. The molecule has 4 nitrogen and oxygen atoms in total. The monoisotopic (exact) mass is 276 g/mol. The number of hydrogen-bond donors (Lipinski definition) is 1. The van der Waals surface area contributed by atoms with E-state index < -0.39 is 17.1 Å². The molecular weight excluding hydrogens is 254 g/mol. The van der Waals surface area contributed by atoms with Gasteiger partial charge in [-0.25, -0.2) is 13.6 Å². The van der Waals surface area contributed by atoms with Crippen LogP contribution in [0.3, 0.4) is 0 Å². The summed E-state index contributed by atoms with van der Waals surface area (Å²) in [6.07, 6.45) is 0.637. The van der Waals surface area contributed by atoms with Gasteiger partial charge in [0, 0.05) is 25.0 Å². The van der Waals surface area contributed by atoms with Gasteiger partial charge >= 0.3 is 6.09 Å². The summed E-state index contributed by atoms with van der Waals surface area (Å²) in [4.78, 5) is 13.5. The molecule has 6 heteroatoms. The van der Waals surface area contributed by atoms with Gasteiger partial charge in [-0.1, -0.05) is 0 Å². The molecule has 1 N–H and O–H groups in total. The fraction of sp³-hybridized carbons (Fsp3) is 0.923. The van der Waals surface area contributed by atoms with Gasteiger partial charge in [-0.05, 0) is 33.6 Å². The maximum Gasteiger partial charge on any atom is 0.410 e. The van der Waals surface area contributed by atoms with E-state index in [0.29, 0.717) is 25.9 Å². The van der Waals surface area contributed by atoms with Crippen molar-refractivity contribution in [3.8, 4) is 0 Å². The molecule has 0 atom stereocenters. The molecule has 2 saturated heterocycles. The first-order valence-corrected chi connectivity index (χ1v) is 6.72. The van der Waals surface area contributed by atoms with Gasteiger partial charge in [0.25, 0.3) is 5.92 Å². The minimum Gasteiger partial charge on any atom is -0.444 e. The first kappa shape index (κ1) is 14.5. The predicted molar refractivity (Wildman–Crippen MR) is 67.3 cm³/mol. The standard InChI is InChI=1S/C13H22F2N2O2/c1-11(2,3)19-10(18)17-6-4-12(5-7-17)8-13(14,15)9-16-12/h16H,4-9H2,1-3H3. The molecule has 2 heterocycles. The van der Waals surface area contributed by atoms with E-state index in [-0.39, 0.29) is 19.1 Å². The van der Waals surface area contributed by atoms with E-state index in [9.17, 15) is 13.6 Å². The number of halogens is 2. The number of carbonyl (C=O) groups excluding carboxylic acids is 1. The molecule has 2 fully saturated rings. The van der Waals surface area contributed by atoms with Crippen molar-refractivity contribution in [1.82, 2.24) is 10.2 Å². The van der Waals surface area contributed by atoms with Crippen LogP contribution in [0.2, 0.25) is 0 Å². The van der Waals surface area contributed by atoms with Crippen LogP contribution in [0.25, 0.3) is 0 Å². The summed E-state index contributed by atoms with van der Waals surface area (Å²) in [6.45, 7) is 6.13. The average molecular weight is 276 g/mol.